The molecule has 1 fully saturated rings. The summed E-state index contributed by atoms with van der Waals surface area (Å²) in [5.41, 5.74) is 0.0898. The molecule has 25 heavy (non-hydrogen) atoms. The highest BCUT2D eigenvalue weighted by Gasteiger charge is 2.39. The van der Waals surface area contributed by atoms with Gasteiger partial charge in [0.05, 0.1) is 6.54 Å². The number of carbonyl (C=O) groups excluding carboxylic acids is 1. The molecule has 7 nitrogen and oxygen atoms in total. The van der Waals surface area contributed by atoms with Crippen molar-refractivity contribution in [1.82, 2.24) is 24.9 Å². The van der Waals surface area contributed by atoms with Crippen molar-refractivity contribution >= 4 is 5.91 Å². The summed E-state index contributed by atoms with van der Waals surface area (Å²) in [5.74, 6) is 1.10. The Morgan fingerprint density at radius 3 is 2.64 bits per heavy atom. The molecule has 1 aliphatic rings. The van der Waals surface area contributed by atoms with Gasteiger partial charge in [-0.25, -0.2) is 0 Å². The van der Waals surface area contributed by atoms with Crippen molar-refractivity contribution in [2.75, 3.05) is 14.1 Å². The van der Waals surface area contributed by atoms with E-state index in [1.165, 1.54) is 12.8 Å². The monoisotopic (exact) mass is 345 g/mol. The zero-order valence-electron chi connectivity index (χ0n) is 15.3. The maximum absolute atomic E-state index is 12.8. The van der Waals surface area contributed by atoms with Gasteiger partial charge in [-0.3, -0.25) is 4.79 Å². The van der Waals surface area contributed by atoms with Gasteiger partial charge >= 0.3 is 0 Å². The predicted molar refractivity (Wildman–Crippen MR) is 93.9 cm³/mol. The van der Waals surface area contributed by atoms with E-state index in [2.05, 4.69) is 15.5 Å². The van der Waals surface area contributed by atoms with Crippen molar-refractivity contribution in [3.05, 3.63) is 35.7 Å². The number of aromatic nitrogens is 3. The lowest BCUT2D eigenvalue weighted by Gasteiger charge is -2.30. The first kappa shape index (κ1) is 17.7. The first-order chi connectivity index (χ1) is 12.0. The molecule has 136 valence electrons. The number of carbonyl (C=O) groups is 1. The molecule has 1 saturated carbocycles. The molecule has 0 atom stereocenters. The fourth-order valence-corrected chi connectivity index (χ4v) is 3.50. The van der Waals surface area contributed by atoms with Crippen LogP contribution in [0.5, 0.6) is 0 Å². The van der Waals surface area contributed by atoms with Crippen molar-refractivity contribution in [1.29, 1.82) is 0 Å². The lowest BCUT2D eigenvalue weighted by atomic mass is 9.89. The molecule has 0 unspecified atom stereocenters. The molecular formula is C18H27N5O2. The summed E-state index contributed by atoms with van der Waals surface area (Å²) in [6.07, 6.45) is 7.98. The quantitative estimate of drug-likeness (QED) is 0.843. The van der Waals surface area contributed by atoms with Gasteiger partial charge in [0.15, 0.2) is 5.82 Å². The van der Waals surface area contributed by atoms with E-state index in [-0.39, 0.29) is 5.91 Å². The van der Waals surface area contributed by atoms with E-state index in [1.54, 1.807) is 0 Å². The van der Waals surface area contributed by atoms with Gasteiger partial charge in [-0.2, -0.15) is 4.98 Å². The minimum atomic E-state index is -0.550. The van der Waals surface area contributed by atoms with E-state index in [0.29, 0.717) is 24.0 Å². The molecule has 2 aromatic heterocycles. The second kappa shape index (κ2) is 7.39. The van der Waals surface area contributed by atoms with Crippen LogP contribution in [0.25, 0.3) is 0 Å². The number of aryl methyl sites for hydroxylation is 1. The molecule has 0 aromatic carbocycles. The van der Waals surface area contributed by atoms with E-state index in [9.17, 15) is 4.79 Å². The Morgan fingerprint density at radius 1 is 1.32 bits per heavy atom. The smallest absolute Gasteiger partial charge is 0.268 e. The Kier molecular flexibility index (Phi) is 5.22. The standard InChI is InChI=1S/C18H27N5O2/c1-22(2)13-15-19-17(21-25-15)18(10-6-4-5-7-11-18)20-16(24)14-9-8-12-23(14)3/h8-9,12H,4-7,10-11,13H2,1-3H3,(H,20,24). The summed E-state index contributed by atoms with van der Waals surface area (Å²) < 4.78 is 7.26. The maximum Gasteiger partial charge on any atom is 0.268 e. The Labute approximate surface area is 148 Å². The Morgan fingerprint density at radius 2 is 2.04 bits per heavy atom. The molecule has 0 saturated heterocycles. The van der Waals surface area contributed by atoms with E-state index in [1.807, 2.05) is 48.9 Å². The van der Waals surface area contributed by atoms with Gasteiger partial charge in [-0.15, -0.1) is 0 Å². The van der Waals surface area contributed by atoms with E-state index < -0.39 is 5.54 Å². The highest BCUT2D eigenvalue weighted by molar-refractivity contribution is 5.93. The summed E-state index contributed by atoms with van der Waals surface area (Å²) in [7, 11) is 5.79. The third kappa shape index (κ3) is 3.92. The normalized spacial score (nSPS) is 17.4. The van der Waals surface area contributed by atoms with Crippen molar-refractivity contribution in [2.24, 2.45) is 7.05 Å². The van der Waals surface area contributed by atoms with Gasteiger partial charge in [0, 0.05) is 13.2 Å². The molecule has 1 N–H and O–H groups in total. The highest BCUT2D eigenvalue weighted by atomic mass is 16.5. The molecule has 2 aromatic rings. The van der Waals surface area contributed by atoms with Crippen LogP contribution in [-0.2, 0) is 19.1 Å². The minimum absolute atomic E-state index is 0.0895. The fraction of sp³-hybridized carbons (Fsp3) is 0.611. The summed E-state index contributed by atoms with van der Waals surface area (Å²) >= 11 is 0. The number of nitrogens with zero attached hydrogens (tertiary/aromatic N) is 4. The molecule has 2 heterocycles. The largest absolute Gasteiger partial charge is 0.347 e. The van der Waals surface area contributed by atoms with Crippen LogP contribution in [0, 0.1) is 0 Å². The van der Waals surface area contributed by atoms with E-state index >= 15 is 0 Å². The van der Waals surface area contributed by atoms with E-state index in [4.69, 9.17) is 4.52 Å². The van der Waals surface area contributed by atoms with Crippen LogP contribution in [0.1, 0.15) is 60.7 Å². The van der Waals surface area contributed by atoms with Crippen LogP contribution in [-0.4, -0.2) is 39.6 Å². The summed E-state index contributed by atoms with van der Waals surface area (Å²) in [5, 5.41) is 7.47. The van der Waals surface area contributed by atoms with Crippen molar-refractivity contribution in [3.63, 3.8) is 0 Å². The molecule has 3 rings (SSSR count). The van der Waals surface area contributed by atoms with Gasteiger partial charge in [-0.05, 0) is 39.1 Å². The van der Waals surface area contributed by atoms with Crippen LogP contribution in [0.3, 0.4) is 0 Å². The SMILES string of the molecule is CN(C)Cc1nc(C2(NC(=O)c3cccn3C)CCCCCC2)no1. The van der Waals surface area contributed by atoms with Crippen LogP contribution in [0.2, 0.25) is 0 Å². The lowest BCUT2D eigenvalue weighted by Crippen LogP contribution is -2.47. The van der Waals surface area contributed by atoms with Gasteiger partial charge in [0.25, 0.3) is 5.91 Å². The topological polar surface area (TPSA) is 76.2 Å². The van der Waals surface area contributed by atoms with Crippen molar-refractivity contribution < 1.29 is 9.32 Å². The Hall–Kier alpha value is -2.15. The van der Waals surface area contributed by atoms with Crippen LogP contribution >= 0.6 is 0 Å². The van der Waals surface area contributed by atoms with Crippen molar-refractivity contribution in [2.45, 2.75) is 50.6 Å². The number of rotatable bonds is 5. The average Bonchev–Trinajstić information content (AvgIpc) is 3.12. The molecule has 7 heteroatoms. The highest BCUT2D eigenvalue weighted by Crippen LogP contribution is 2.35. The first-order valence-electron chi connectivity index (χ1n) is 8.92. The third-order valence-electron chi connectivity index (χ3n) is 4.83. The fourth-order valence-electron chi connectivity index (χ4n) is 3.50. The number of nitrogens with one attached hydrogen (secondary N) is 1. The second-order valence-electron chi connectivity index (χ2n) is 7.20. The van der Waals surface area contributed by atoms with Gasteiger partial charge in [-0.1, -0.05) is 30.8 Å². The second-order valence-corrected chi connectivity index (χ2v) is 7.20. The van der Waals surface area contributed by atoms with Crippen LogP contribution < -0.4 is 5.32 Å². The average molecular weight is 345 g/mol. The van der Waals surface area contributed by atoms with Crippen LogP contribution in [0.4, 0.5) is 0 Å². The molecule has 0 radical (unpaired) electrons. The molecular weight excluding hydrogens is 318 g/mol. The van der Waals surface area contributed by atoms with Gasteiger partial charge < -0.3 is 19.3 Å². The third-order valence-corrected chi connectivity index (χ3v) is 4.83. The Bertz CT molecular complexity index is 711. The first-order valence-corrected chi connectivity index (χ1v) is 8.92. The molecule has 0 aliphatic heterocycles. The summed E-state index contributed by atoms with van der Waals surface area (Å²) in [6, 6.07) is 3.70. The predicted octanol–water partition coefficient (Wildman–Crippen LogP) is 2.45. The summed E-state index contributed by atoms with van der Waals surface area (Å²) in [6.45, 7) is 0.592. The zero-order valence-corrected chi connectivity index (χ0v) is 15.3. The van der Waals surface area contributed by atoms with Crippen LogP contribution in [0.15, 0.2) is 22.9 Å². The molecule has 0 spiro atoms. The van der Waals surface area contributed by atoms with Gasteiger partial charge in [0.1, 0.15) is 11.2 Å². The zero-order chi connectivity index (χ0) is 17.9. The van der Waals surface area contributed by atoms with Gasteiger partial charge in [0.2, 0.25) is 5.89 Å². The maximum atomic E-state index is 12.8. The number of hydrogen-bond donors (Lipinski definition) is 1. The lowest BCUT2D eigenvalue weighted by molar-refractivity contribution is 0.0868. The van der Waals surface area contributed by atoms with E-state index in [0.717, 1.165) is 25.7 Å². The minimum Gasteiger partial charge on any atom is -0.347 e. The van der Waals surface area contributed by atoms with Crippen molar-refractivity contribution in [3.8, 4) is 0 Å². The number of amides is 1. The Balaban J connectivity index is 1.89. The summed E-state index contributed by atoms with van der Waals surface area (Å²) in [4.78, 5) is 19.4. The molecule has 1 aliphatic carbocycles. The molecule has 0 bridgehead atoms. The molecule has 1 amide bonds. The number of hydrogen-bond acceptors (Lipinski definition) is 5.